The summed E-state index contributed by atoms with van der Waals surface area (Å²) in [7, 11) is 0. The molecule has 1 heterocycles. The zero-order valence-corrected chi connectivity index (χ0v) is 16.0. The van der Waals surface area contributed by atoms with Crippen LogP contribution in [0.2, 0.25) is 0 Å². The van der Waals surface area contributed by atoms with Gasteiger partial charge in [-0.25, -0.2) is 4.79 Å². The molecule has 25 heavy (non-hydrogen) atoms. The zero-order valence-electron chi connectivity index (χ0n) is 16.0. The Bertz CT molecular complexity index is 690. The summed E-state index contributed by atoms with van der Waals surface area (Å²) < 4.78 is 16.6. The van der Waals surface area contributed by atoms with Gasteiger partial charge >= 0.3 is 6.16 Å². The minimum absolute atomic E-state index is 0.327. The SMILES string of the molecule is CC(C)=CCCC1(C)C=Cc2cc(OC(=O)OC(C)(C)C)ccc2O1. The van der Waals surface area contributed by atoms with Crippen molar-refractivity contribution >= 4 is 12.2 Å². The number of carbonyl (C=O) groups excluding carboxylic acids is 1. The number of allylic oxidation sites excluding steroid dienone is 2. The van der Waals surface area contributed by atoms with E-state index in [0.717, 1.165) is 24.2 Å². The molecule has 0 aliphatic carbocycles. The molecule has 0 aromatic heterocycles. The second-order valence-corrected chi connectivity index (χ2v) is 7.83. The molecule has 0 spiro atoms. The molecular weight excluding hydrogens is 316 g/mol. The third-order valence-corrected chi connectivity index (χ3v) is 3.72. The minimum Gasteiger partial charge on any atom is -0.483 e. The molecule has 4 heteroatoms. The average Bonchev–Trinajstić information content (AvgIpc) is 2.45. The molecule has 0 saturated heterocycles. The number of fused-ring (bicyclic) bond motifs is 1. The van der Waals surface area contributed by atoms with Gasteiger partial charge in [-0.3, -0.25) is 0 Å². The normalized spacial score (nSPS) is 18.8. The third kappa shape index (κ3) is 5.96. The Labute approximate surface area is 150 Å². The molecule has 0 saturated carbocycles. The van der Waals surface area contributed by atoms with Crippen molar-refractivity contribution in [3.05, 3.63) is 41.5 Å². The highest BCUT2D eigenvalue weighted by molar-refractivity contribution is 5.67. The van der Waals surface area contributed by atoms with Gasteiger partial charge in [0.05, 0.1) is 0 Å². The second kappa shape index (κ2) is 7.34. The summed E-state index contributed by atoms with van der Waals surface area (Å²) in [5.74, 6) is 1.23. The Morgan fingerprint density at radius 3 is 2.64 bits per heavy atom. The first-order valence-corrected chi connectivity index (χ1v) is 8.63. The Morgan fingerprint density at radius 1 is 1.28 bits per heavy atom. The lowest BCUT2D eigenvalue weighted by atomic mass is 9.94. The zero-order chi connectivity index (χ0) is 18.7. The molecule has 0 fully saturated rings. The molecule has 1 atom stereocenters. The van der Waals surface area contributed by atoms with Gasteiger partial charge in [0.25, 0.3) is 0 Å². The van der Waals surface area contributed by atoms with Crippen LogP contribution in [0.1, 0.15) is 59.9 Å². The van der Waals surface area contributed by atoms with Crippen LogP contribution in [-0.4, -0.2) is 17.4 Å². The Morgan fingerprint density at radius 2 is 2.00 bits per heavy atom. The summed E-state index contributed by atoms with van der Waals surface area (Å²) >= 11 is 0. The highest BCUT2D eigenvalue weighted by Gasteiger charge is 2.27. The van der Waals surface area contributed by atoms with Crippen LogP contribution in [0, 0.1) is 0 Å². The Kier molecular flexibility index (Phi) is 5.61. The third-order valence-electron chi connectivity index (χ3n) is 3.72. The Hall–Kier alpha value is -2.23. The van der Waals surface area contributed by atoms with E-state index in [1.165, 1.54) is 5.57 Å². The lowest BCUT2D eigenvalue weighted by molar-refractivity contribution is 0.0205. The molecule has 0 bridgehead atoms. The number of hydrogen-bond acceptors (Lipinski definition) is 4. The summed E-state index contributed by atoms with van der Waals surface area (Å²) in [5, 5.41) is 0. The summed E-state index contributed by atoms with van der Waals surface area (Å²) in [6.07, 6.45) is 7.47. The van der Waals surface area contributed by atoms with Crippen LogP contribution in [0.5, 0.6) is 11.5 Å². The molecule has 1 aliphatic rings. The maximum absolute atomic E-state index is 11.8. The number of benzene rings is 1. The fraction of sp³-hybridized carbons (Fsp3) is 0.476. The van der Waals surface area contributed by atoms with Crippen molar-refractivity contribution in [2.45, 2.75) is 65.6 Å². The van der Waals surface area contributed by atoms with Gasteiger partial charge in [0.1, 0.15) is 22.7 Å². The van der Waals surface area contributed by atoms with Crippen molar-refractivity contribution < 1.29 is 19.0 Å². The van der Waals surface area contributed by atoms with Crippen LogP contribution in [0.4, 0.5) is 4.79 Å². The molecule has 0 N–H and O–H groups in total. The quantitative estimate of drug-likeness (QED) is 0.387. The highest BCUT2D eigenvalue weighted by Crippen LogP contribution is 2.35. The summed E-state index contributed by atoms with van der Waals surface area (Å²) in [6.45, 7) is 11.7. The average molecular weight is 344 g/mol. The van der Waals surface area contributed by atoms with E-state index in [9.17, 15) is 4.79 Å². The van der Waals surface area contributed by atoms with Crippen molar-refractivity contribution in [1.29, 1.82) is 0 Å². The van der Waals surface area contributed by atoms with E-state index >= 15 is 0 Å². The second-order valence-electron chi connectivity index (χ2n) is 7.83. The largest absolute Gasteiger partial charge is 0.514 e. The van der Waals surface area contributed by atoms with Crippen LogP contribution in [0.15, 0.2) is 35.9 Å². The van der Waals surface area contributed by atoms with E-state index in [-0.39, 0.29) is 5.60 Å². The van der Waals surface area contributed by atoms with Crippen LogP contribution >= 0.6 is 0 Å². The van der Waals surface area contributed by atoms with Crippen molar-refractivity contribution in [3.63, 3.8) is 0 Å². The summed E-state index contributed by atoms with van der Waals surface area (Å²) in [5.41, 5.74) is 1.29. The van der Waals surface area contributed by atoms with Crippen molar-refractivity contribution in [1.82, 2.24) is 0 Å². The minimum atomic E-state index is -0.709. The predicted octanol–water partition coefficient (Wildman–Crippen LogP) is 5.91. The van der Waals surface area contributed by atoms with E-state index in [0.29, 0.717) is 5.75 Å². The first kappa shape index (κ1) is 19.1. The van der Waals surface area contributed by atoms with Gasteiger partial charge in [0.15, 0.2) is 0 Å². The number of rotatable bonds is 4. The molecule has 0 amide bonds. The van der Waals surface area contributed by atoms with E-state index in [1.807, 2.05) is 12.1 Å². The van der Waals surface area contributed by atoms with E-state index in [2.05, 4.69) is 32.9 Å². The van der Waals surface area contributed by atoms with Gasteiger partial charge in [-0.1, -0.05) is 17.7 Å². The van der Waals surface area contributed by atoms with Crippen molar-refractivity contribution in [2.24, 2.45) is 0 Å². The van der Waals surface area contributed by atoms with Gasteiger partial charge < -0.3 is 14.2 Å². The molecular formula is C21H28O4. The fourth-order valence-electron chi connectivity index (χ4n) is 2.51. The summed E-state index contributed by atoms with van der Waals surface area (Å²) in [4.78, 5) is 11.8. The van der Waals surface area contributed by atoms with Crippen molar-refractivity contribution in [2.75, 3.05) is 0 Å². The van der Waals surface area contributed by atoms with Crippen LogP contribution in [0.3, 0.4) is 0 Å². The molecule has 136 valence electrons. The number of carbonyl (C=O) groups is 1. The smallest absolute Gasteiger partial charge is 0.483 e. The fourth-order valence-corrected chi connectivity index (χ4v) is 2.51. The highest BCUT2D eigenvalue weighted by atomic mass is 16.7. The van der Waals surface area contributed by atoms with Gasteiger partial charge in [-0.05, 0) is 78.7 Å². The molecule has 1 aromatic carbocycles. The van der Waals surface area contributed by atoms with E-state index < -0.39 is 11.8 Å². The van der Waals surface area contributed by atoms with Crippen LogP contribution in [-0.2, 0) is 4.74 Å². The van der Waals surface area contributed by atoms with Gasteiger partial charge in [0.2, 0.25) is 0 Å². The first-order valence-electron chi connectivity index (χ1n) is 8.63. The van der Waals surface area contributed by atoms with Crippen LogP contribution in [0.25, 0.3) is 6.08 Å². The van der Waals surface area contributed by atoms with Gasteiger partial charge in [-0.15, -0.1) is 0 Å². The monoisotopic (exact) mass is 344 g/mol. The Balaban J connectivity index is 2.05. The predicted molar refractivity (Wildman–Crippen MR) is 100 cm³/mol. The molecule has 4 nitrogen and oxygen atoms in total. The van der Waals surface area contributed by atoms with Crippen LogP contribution < -0.4 is 9.47 Å². The molecule has 2 rings (SSSR count). The lowest BCUT2D eigenvalue weighted by Gasteiger charge is -2.31. The summed E-state index contributed by atoms with van der Waals surface area (Å²) in [6, 6.07) is 5.33. The first-order chi connectivity index (χ1) is 11.6. The number of hydrogen-bond donors (Lipinski definition) is 0. The van der Waals surface area contributed by atoms with Gasteiger partial charge in [0, 0.05) is 5.56 Å². The standard InChI is InChI=1S/C21H28O4/c1-15(2)8-7-12-21(6)13-11-16-14-17(9-10-18(16)24-21)23-19(22)25-20(3,4)5/h8-11,13-14H,7,12H2,1-6H3. The van der Waals surface area contributed by atoms with E-state index in [1.54, 1.807) is 32.9 Å². The van der Waals surface area contributed by atoms with E-state index in [4.69, 9.17) is 14.2 Å². The topological polar surface area (TPSA) is 44.8 Å². The number of ether oxygens (including phenoxy) is 3. The maximum Gasteiger partial charge on any atom is 0.514 e. The van der Waals surface area contributed by atoms with Crippen molar-refractivity contribution in [3.8, 4) is 11.5 Å². The molecule has 1 unspecified atom stereocenters. The molecule has 1 aliphatic heterocycles. The lowest BCUT2D eigenvalue weighted by Crippen LogP contribution is -2.31. The molecule has 0 radical (unpaired) electrons. The maximum atomic E-state index is 11.8. The molecule has 1 aromatic rings. The van der Waals surface area contributed by atoms with Gasteiger partial charge in [-0.2, -0.15) is 0 Å².